The Bertz CT molecular complexity index is 1480. The highest BCUT2D eigenvalue weighted by Gasteiger charge is 2.48. The summed E-state index contributed by atoms with van der Waals surface area (Å²) in [6, 6.07) is 22.4. The molecule has 7 rings (SSSR count). The second kappa shape index (κ2) is 16.4. The van der Waals surface area contributed by atoms with Crippen LogP contribution < -0.4 is 20.1 Å². The number of benzene rings is 3. The third kappa shape index (κ3) is 8.74. The average Bonchev–Trinajstić information content (AvgIpc) is 3.69. The van der Waals surface area contributed by atoms with E-state index in [1.54, 1.807) is 12.1 Å². The summed E-state index contributed by atoms with van der Waals surface area (Å²) in [6.07, 6.45) is 6.65. The number of nitrogens with one attached hydrogen (secondary N) is 2. The predicted molar refractivity (Wildman–Crippen MR) is 188 cm³/mol. The Hall–Kier alpha value is -3.67. The van der Waals surface area contributed by atoms with E-state index in [9.17, 15) is 20.1 Å². The SMILES string of the molecule is O=CNc1cc([C@@H](O)CNCCOc2ccc(OCC[N+]34CCC(CC3)[C@@H](OCC(O)(c3ccccc3)C3CCCC3)C4)cc2)ccc1O. The van der Waals surface area contributed by atoms with Crippen LogP contribution in [0.2, 0.25) is 0 Å². The number of nitrogens with zero attached hydrogens (tertiary/aromatic N) is 1. The van der Waals surface area contributed by atoms with Crippen LogP contribution in [0.5, 0.6) is 17.2 Å². The van der Waals surface area contributed by atoms with E-state index in [1.165, 1.54) is 18.9 Å². The van der Waals surface area contributed by atoms with Gasteiger partial charge in [0, 0.05) is 31.8 Å². The van der Waals surface area contributed by atoms with Crippen molar-refractivity contribution in [3.8, 4) is 17.2 Å². The van der Waals surface area contributed by atoms with E-state index in [0.29, 0.717) is 50.8 Å². The number of phenols is 1. The van der Waals surface area contributed by atoms with E-state index in [0.717, 1.165) is 73.4 Å². The van der Waals surface area contributed by atoms with E-state index in [4.69, 9.17) is 14.2 Å². The number of hydrogen-bond donors (Lipinski definition) is 5. The minimum absolute atomic E-state index is 0.0565. The molecule has 4 aliphatic rings. The van der Waals surface area contributed by atoms with Gasteiger partial charge in [-0.2, -0.15) is 0 Å². The lowest BCUT2D eigenvalue weighted by molar-refractivity contribution is -0.946. The van der Waals surface area contributed by atoms with Gasteiger partial charge in [-0.1, -0.05) is 49.2 Å². The number of phenolic OH excluding ortho intramolecular Hbond substituents is 1. The maximum absolute atomic E-state index is 12.0. The molecule has 10 heteroatoms. The molecule has 1 saturated carbocycles. The third-order valence-corrected chi connectivity index (χ3v) is 11.0. The van der Waals surface area contributed by atoms with Gasteiger partial charge in [-0.3, -0.25) is 4.79 Å². The molecule has 3 atom stereocenters. The summed E-state index contributed by atoms with van der Waals surface area (Å²) < 4.78 is 19.8. The Morgan fingerprint density at radius 2 is 1.61 bits per heavy atom. The second-order valence-corrected chi connectivity index (χ2v) is 14.1. The minimum Gasteiger partial charge on any atom is -0.506 e. The first-order chi connectivity index (χ1) is 23.9. The van der Waals surface area contributed by atoms with Gasteiger partial charge in [0.1, 0.15) is 55.3 Å². The Morgan fingerprint density at radius 1 is 0.918 bits per heavy atom. The molecule has 264 valence electrons. The zero-order chi connectivity index (χ0) is 34.1. The molecule has 1 unspecified atom stereocenters. The summed E-state index contributed by atoms with van der Waals surface area (Å²) in [5, 5.41) is 37.8. The summed E-state index contributed by atoms with van der Waals surface area (Å²) in [4.78, 5) is 10.7. The summed E-state index contributed by atoms with van der Waals surface area (Å²) in [5.74, 6) is 2.32. The maximum atomic E-state index is 12.0. The van der Waals surface area contributed by atoms with E-state index in [-0.39, 0.29) is 23.5 Å². The van der Waals surface area contributed by atoms with Crippen LogP contribution in [0, 0.1) is 11.8 Å². The molecule has 10 nitrogen and oxygen atoms in total. The highest BCUT2D eigenvalue weighted by Crippen LogP contribution is 2.42. The molecule has 4 fully saturated rings. The Balaban J connectivity index is 0.916. The van der Waals surface area contributed by atoms with Gasteiger partial charge in [0.05, 0.1) is 31.5 Å². The topological polar surface area (TPSA) is 130 Å². The highest BCUT2D eigenvalue weighted by atomic mass is 16.5. The van der Waals surface area contributed by atoms with Gasteiger partial charge >= 0.3 is 0 Å². The van der Waals surface area contributed by atoms with Gasteiger partial charge in [0.15, 0.2) is 0 Å². The van der Waals surface area contributed by atoms with E-state index in [2.05, 4.69) is 22.8 Å². The van der Waals surface area contributed by atoms with Crippen molar-refractivity contribution in [1.82, 2.24) is 5.32 Å². The lowest BCUT2D eigenvalue weighted by atomic mass is 9.80. The number of ether oxygens (including phenoxy) is 3. The van der Waals surface area contributed by atoms with Crippen molar-refractivity contribution in [3.05, 3.63) is 83.9 Å². The molecule has 3 aromatic rings. The van der Waals surface area contributed by atoms with Crippen molar-refractivity contribution in [2.45, 2.75) is 56.3 Å². The van der Waals surface area contributed by atoms with Crippen LogP contribution in [0.15, 0.2) is 72.8 Å². The number of aliphatic hydroxyl groups excluding tert-OH is 1. The van der Waals surface area contributed by atoms with Gasteiger partial charge in [-0.15, -0.1) is 0 Å². The number of anilines is 1. The lowest BCUT2D eigenvalue weighted by Gasteiger charge is -2.52. The van der Waals surface area contributed by atoms with Crippen LogP contribution in [0.3, 0.4) is 0 Å². The molecule has 0 aromatic heterocycles. The van der Waals surface area contributed by atoms with Crippen LogP contribution in [-0.4, -0.2) is 91.4 Å². The summed E-state index contributed by atoms with van der Waals surface area (Å²) in [7, 11) is 0. The van der Waals surface area contributed by atoms with Crippen LogP contribution in [-0.2, 0) is 15.1 Å². The summed E-state index contributed by atoms with van der Waals surface area (Å²) >= 11 is 0. The van der Waals surface area contributed by atoms with Crippen LogP contribution in [0.1, 0.15) is 55.8 Å². The van der Waals surface area contributed by atoms with Crippen LogP contribution in [0.25, 0.3) is 0 Å². The fourth-order valence-electron chi connectivity index (χ4n) is 8.05. The molecule has 1 aliphatic carbocycles. The number of rotatable bonds is 18. The summed E-state index contributed by atoms with van der Waals surface area (Å²) in [5.41, 5.74) is 0.896. The molecular formula is C39H52N3O7+. The van der Waals surface area contributed by atoms with Crippen molar-refractivity contribution in [2.24, 2.45) is 11.8 Å². The second-order valence-electron chi connectivity index (χ2n) is 14.1. The van der Waals surface area contributed by atoms with Gasteiger partial charge < -0.3 is 44.6 Å². The average molecular weight is 675 g/mol. The largest absolute Gasteiger partial charge is 0.506 e. The first kappa shape index (κ1) is 35.2. The zero-order valence-corrected chi connectivity index (χ0v) is 28.3. The van der Waals surface area contributed by atoms with Gasteiger partial charge in [-0.25, -0.2) is 0 Å². The van der Waals surface area contributed by atoms with Crippen molar-refractivity contribution >= 4 is 12.1 Å². The number of hydrogen-bond acceptors (Lipinski definition) is 8. The molecule has 2 bridgehead atoms. The molecule has 49 heavy (non-hydrogen) atoms. The van der Waals surface area contributed by atoms with Crippen molar-refractivity contribution in [2.75, 3.05) is 64.4 Å². The van der Waals surface area contributed by atoms with E-state index < -0.39 is 11.7 Å². The smallest absolute Gasteiger partial charge is 0.211 e. The molecular weight excluding hydrogens is 622 g/mol. The number of quaternary nitrogens is 1. The predicted octanol–water partition coefficient (Wildman–Crippen LogP) is 4.74. The number of fused-ring (bicyclic) bond motifs is 3. The number of amides is 1. The third-order valence-electron chi connectivity index (χ3n) is 11.0. The molecule has 5 N–H and O–H groups in total. The molecule has 3 saturated heterocycles. The highest BCUT2D eigenvalue weighted by molar-refractivity contribution is 5.75. The Kier molecular flexibility index (Phi) is 11.7. The maximum Gasteiger partial charge on any atom is 0.211 e. The van der Waals surface area contributed by atoms with E-state index in [1.807, 2.05) is 42.5 Å². The van der Waals surface area contributed by atoms with Gasteiger partial charge in [-0.05, 0) is 66.3 Å². The molecule has 3 aromatic carbocycles. The fourth-order valence-corrected chi connectivity index (χ4v) is 8.05. The molecule has 3 heterocycles. The Labute approximate surface area is 289 Å². The monoisotopic (exact) mass is 674 g/mol. The molecule has 0 radical (unpaired) electrons. The van der Waals surface area contributed by atoms with Gasteiger partial charge in [0.25, 0.3) is 0 Å². The van der Waals surface area contributed by atoms with Crippen molar-refractivity contribution < 1.29 is 38.8 Å². The minimum atomic E-state index is -0.928. The number of carbonyl (C=O) groups is 1. The zero-order valence-electron chi connectivity index (χ0n) is 28.3. The number of aliphatic hydroxyl groups is 2. The van der Waals surface area contributed by atoms with Gasteiger partial charge in [0.2, 0.25) is 6.41 Å². The normalized spacial score (nSPS) is 23.9. The Morgan fingerprint density at radius 3 is 2.31 bits per heavy atom. The van der Waals surface area contributed by atoms with Crippen LogP contribution in [0.4, 0.5) is 5.69 Å². The van der Waals surface area contributed by atoms with Crippen molar-refractivity contribution in [1.29, 1.82) is 0 Å². The first-order valence-electron chi connectivity index (χ1n) is 17.9. The van der Waals surface area contributed by atoms with E-state index >= 15 is 0 Å². The number of aromatic hydroxyl groups is 1. The standard InChI is InChI=1S/C39H51N3O7/c43-28-41-35-24-30(10-15-36(35)44)37(45)25-40-18-22-47-33-11-13-34(14-12-33)48-23-21-42-19-16-29(17-20-42)38(26-42)49-27-39(46,32-8-4-5-9-32)31-6-2-1-3-7-31/h1-3,6-7,10-15,24,28-29,32,37-38,40,45-46H,4-5,8-9,16-23,25-27H2,(H-,41,43,44)/p+1/t29?,37-,38-,39?,42?/m0/s1. The number of carbonyl (C=O) groups excluding carboxylic acids is 1. The number of piperidine rings is 3. The quantitative estimate of drug-likeness (QED) is 0.0567. The molecule has 0 spiro atoms. The first-order valence-corrected chi connectivity index (χ1v) is 17.9. The summed E-state index contributed by atoms with van der Waals surface area (Å²) in [6.45, 7) is 6.49. The van der Waals surface area contributed by atoms with Crippen molar-refractivity contribution in [3.63, 3.8) is 0 Å². The fraction of sp³-hybridized carbons (Fsp3) is 0.513. The van der Waals surface area contributed by atoms with Crippen LogP contribution >= 0.6 is 0 Å². The lowest BCUT2D eigenvalue weighted by Crippen LogP contribution is -2.65. The molecule has 3 aliphatic heterocycles. The molecule has 1 amide bonds.